The summed E-state index contributed by atoms with van der Waals surface area (Å²) in [4.78, 5) is 0. The van der Waals surface area contributed by atoms with Crippen molar-refractivity contribution >= 4 is 10.8 Å². The van der Waals surface area contributed by atoms with E-state index in [1.807, 2.05) is 0 Å². The van der Waals surface area contributed by atoms with Crippen LogP contribution in [0.25, 0.3) is 0 Å². The molecule has 0 amide bonds. The maximum atomic E-state index is 11.2. The Hall–Kier alpha value is 0.110. The van der Waals surface area contributed by atoms with Gasteiger partial charge in [-0.05, 0) is 44.1 Å². The van der Waals surface area contributed by atoms with E-state index in [0.717, 1.165) is 24.8 Å². The largest absolute Gasteiger partial charge is 0.314 e. The highest BCUT2D eigenvalue weighted by molar-refractivity contribution is 7.84. The molecule has 3 heteroatoms. The van der Waals surface area contributed by atoms with Crippen LogP contribution in [0.5, 0.6) is 0 Å². The van der Waals surface area contributed by atoms with Gasteiger partial charge in [0.05, 0.1) is 0 Å². The van der Waals surface area contributed by atoms with Crippen LogP contribution in [0.2, 0.25) is 0 Å². The first kappa shape index (κ1) is 14.2. The van der Waals surface area contributed by atoms with Gasteiger partial charge in [-0.1, -0.05) is 20.8 Å². The molecule has 1 N–H and O–H groups in total. The molecule has 5 atom stereocenters. The van der Waals surface area contributed by atoms with Crippen molar-refractivity contribution in [1.82, 2.24) is 5.32 Å². The fourth-order valence-corrected chi connectivity index (χ4v) is 2.84. The second-order valence-corrected chi connectivity index (χ2v) is 7.32. The summed E-state index contributed by atoms with van der Waals surface area (Å²) in [6.07, 6.45) is 6.81. The Morgan fingerprint density at radius 2 is 2.00 bits per heavy atom. The molecule has 1 aliphatic carbocycles. The van der Waals surface area contributed by atoms with E-state index in [0.29, 0.717) is 11.3 Å². The Labute approximate surface area is 103 Å². The average Bonchev–Trinajstić information content (AvgIpc) is 2.23. The molecule has 0 unspecified atom stereocenters. The van der Waals surface area contributed by atoms with Gasteiger partial charge in [-0.25, -0.2) is 0 Å². The summed E-state index contributed by atoms with van der Waals surface area (Å²) in [7, 11) is -0.669. The lowest BCUT2D eigenvalue weighted by Gasteiger charge is -2.32. The zero-order valence-corrected chi connectivity index (χ0v) is 12.0. The minimum atomic E-state index is -0.669. The predicted octanol–water partition coefficient (Wildman–Crippen LogP) is 2.56. The molecule has 16 heavy (non-hydrogen) atoms. The van der Waals surface area contributed by atoms with E-state index in [2.05, 4.69) is 26.1 Å². The lowest BCUT2D eigenvalue weighted by atomic mass is 9.79. The third-order valence-corrected chi connectivity index (χ3v) is 5.52. The zero-order chi connectivity index (χ0) is 12.1. The highest BCUT2D eigenvalue weighted by Gasteiger charge is 2.23. The Kier molecular flexibility index (Phi) is 5.98. The molecule has 0 heterocycles. The van der Waals surface area contributed by atoms with Crippen LogP contribution in [0.1, 0.15) is 46.5 Å². The summed E-state index contributed by atoms with van der Waals surface area (Å²) in [5.41, 5.74) is 0. The summed E-state index contributed by atoms with van der Waals surface area (Å²) in [6.45, 7) is 7.82. The minimum absolute atomic E-state index is 0.326. The van der Waals surface area contributed by atoms with E-state index in [9.17, 15) is 4.21 Å². The lowest BCUT2D eigenvalue weighted by molar-refractivity contribution is 0.226. The van der Waals surface area contributed by atoms with Gasteiger partial charge in [0.15, 0.2) is 0 Å². The summed E-state index contributed by atoms with van der Waals surface area (Å²) in [6, 6.07) is 0.698. The fraction of sp³-hybridized carbons (Fsp3) is 1.00. The number of rotatable bonds is 5. The van der Waals surface area contributed by atoms with Crippen LogP contribution in [-0.4, -0.2) is 28.3 Å². The molecule has 1 saturated carbocycles. The van der Waals surface area contributed by atoms with Crippen LogP contribution in [0, 0.1) is 11.8 Å². The van der Waals surface area contributed by atoms with Crippen LogP contribution in [0.4, 0.5) is 0 Å². The molecule has 0 saturated heterocycles. The van der Waals surface area contributed by atoms with Gasteiger partial charge in [0, 0.05) is 28.3 Å². The predicted molar refractivity (Wildman–Crippen MR) is 72.1 cm³/mol. The van der Waals surface area contributed by atoms with Gasteiger partial charge in [0.25, 0.3) is 0 Å². The average molecular weight is 245 g/mol. The number of nitrogens with one attached hydrogen (secondary N) is 1. The van der Waals surface area contributed by atoms with Crippen molar-refractivity contribution in [2.75, 3.05) is 12.8 Å². The van der Waals surface area contributed by atoms with Gasteiger partial charge in [-0.15, -0.1) is 0 Å². The molecule has 0 spiro atoms. The van der Waals surface area contributed by atoms with Crippen molar-refractivity contribution in [3.8, 4) is 0 Å². The highest BCUT2D eigenvalue weighted by Crippen LogP contribution is 2.29. The van der Waals surface area contributed by atoms with Crippen LogP contribution >= 0.6 is 0 Å². The van der Waals surface area contributed by atoms with Gasteiger partial charge in [-0.3, -0.25) is 4.21 Å². The maximum absolute atomic E-state index is 11.2. The third kappa shape index (κ3) is 4.54. The molecule has 1 aliphatic rings. The highest BCUT2D eigenvalue weighted by atomic mass is 32.2. The van der Waals surface area contributed by atoms with E-state index in [1.54, 1.807) is 6.26 Å². The van der Waals surface area contributed by atoms with E-state index in [1.165, 1.54) is 19.3 Å². The standard InChI is InChI=1S/C13H27NOS/c1-10-5-6-13(9-11(10)2)14-8-7-12(3)16(4)15/h10-14H,5-9H2,1-4H3/t10-,11+,12+,13+,16-/m1/s1. The molecule has 1 fully saturated rings. The first-order valence-electron chi connectivity index (χ1n) is 6.56. The monoisotopic (exact) mass is 245 g/mol. The Morgan fingerprint density at radius 1 is 1.31 bits per heavy atom. The molecule has 1 rings (SSSR count). The molecule has 0 aromatic rings. The maximum Gasteiger partial charge on any atom is 0.0329 e. The Bertz CT molecular complexity index is 232. The Balaban J connectivity index is 2.16. The smallest absolute Gasteiger partial charge is 0.0329 e. The molecule has 2 nitrogen and oxygen atoms in total. The molecule has 96 valence electrons. The van der Waals surface area contributed by atoms with Gasteiger partial charge >= 0.3 is 0 Å². The molecular weight excluding hydrogens is 218 g/mol. The minimum Gasteiger partial charge on any atom is -0.314 e. The number of hydrogen-bond acceptors (Lipinski definition) is 2. The van der Waals surface area contributed by atoms with Crippen LogP contribution < -0.4 is 5.32 Å². The first-order chi connectivity index (χ1) is 7.50. The van der Waals surface area contributed by atoms with Gasteiger partial charge < -0.3 is 5.32 Å². The zero-order valence-electron chi connectivity index (χ0n) is 11.2. The lowest BCUT2D eigenvalue weighted by Crippen LogP contribution is -2.37. The van der Waals surface area contributed by atoms with Crippen molar-refractivity contribution in [3.05, 3.63) is 0 Å². The van der Waals surface area contributed by atoms with Crippen molar-refractivity contribution in [1.29, 1.82) is 0 Å². The van der Waals surface area contributed by atoms with Crippen LogP contribution in [0.15, 0.2) is 0 Å². The van der Waals surface area contributed by atoms with Crippen molar-refractivity contribution in [2.45, 2.75) is 57.7 Å². The quantitative estimate of drug-likeness (QED) is 0.806. The summed E-state index contributed by atoms with van der Waals surface area (Å²) < 4.78 is 11.2. The molecule has 0 aromatic heterocycles. The fourth-order valence-electron chi connectivity index (χ4n) is 2.39. The summed E-state index contributed by atoms with van der Waals surface area (Å²) >= 11 is 0. The van der Waals surface area contributed by atoms with Crippen molar-refractivity contribution in [3.63, 3.8) is 0 Å². The first-order valence-corrected chi connectivity index (χ1v) is 8.18. The van der Waals surface area contributed by atoms with E-state index in [4.69, 9.17) is 0 Å². The van der Waals surface area contributed by atoms with Gasteiger partial charge in [-0.2, -0.15) is 0 Å². The van der Waals surface area contributed by atoms with Gasteiger partial charge in [0.2, 0.25) is 0 Å². The summed E-state index contributed by atoms with van der Waals surface area (Å²) in [5, 5.41) is 3.95. The molecule has 0 bridgehead atoms. The van der Waals surface area contributed by atoms with Crippen molar-refractivity contribution in [2.24, 2.45) is 11.8 Å². The van der Waals surface area contributed by atoms with E-state index >= 15 is 0 Å². The summed E-state index contributed by atoms with van der Waals surface area (Å²) in [5.74, 6) is 1.74. The topological polar surface area (TPSA) is 29.1 Å². The Morgan fingerprint density at radius 3 is 2.56 bits per heavy atom. The van der Waals surface area contributed by atoms with Crippen molar-refractivity contribution < 1.29 is 4.21 Å². The third-order valence-electron chi connectivity index (χ3n) is 4.15. The molecular formula is C13H27NOS. The SMILES string of the molecule is C[C@@H]1CC[C@H](NCC[C@H](C)[S@@](C)=O)C[C@@H]1C. The molecule has 0 aliphatic heterocycles. The van der Waals surface area contributed by atoms with E-state index < -0.39 is 10.8 Å². The normalized spacial score (nSPS) is 34.6. The van der Waals surface area contributed by atoms with Crippen LogP contribution in [-0.2, 0) is 10.8 Å². The second kappa shape index (κ2) is 6.75. The number of hydrogen-bond donors (Lipinski definition) is 1. The molecule has 0 radical (unpaired) electrons. The second-order valence-electron chi connectivity index (χ2n) is 5.52. The van der Waals surface area contributed by atoms with Crippen LogP contribution in [0.3, 0.4) is 0 Å². The van der Waals surface area contributed by atoms with E-state index in [-0.39, 0.29) is 0 Å². The molecule has 0 aromatic carbocycles. The van der Waals surface area contributed by atoms with Gasteiger partial charge in [0.1, 0.15) is 0 Å².